The van der Waals surface area contributed by atoms with Gasteiger partial charge >= 0.3 is 0 Å². The van der Waals surface area contributed by atoms with Crippen molar-refractivity contribution in [1.29, 1.82) is 0 Å². The van der Waals surface area contributed by atoms with E-state index in [1.807, 2.05) is 6.07 Å². The average molecular weight is 195 g/mol. The van der Waals surface area contributed by atoms with E-state index in [4.69, 9.17) is 14.9 Å². The van der Waals surface area contributed by atoms with E-state index in [9.17, 15) is 0 Å². The van der Waals surface area contributed by atoms with E-state index in [1.165, 1.54) is 25.7 Å². The second kappa shape index (κ2) is 4.62. The fraction of sp³-hybridized carbons (Fsp3) is 0.636. The summed E-state index contributed by atoms with van der Waals surface area (Å²) in [6, 6.07) is 1.97. The molecule has 1 aromatic rings. The third-order valence-electron chi connectivity index (χ3n) is 2.71. The molecule has 0 amide bonds. The first-order chi connectivity index (χ1) is 6.88. The summed E-state index contributed by atoms with van der Waals surface area (Å²) < 4.78 is 11.0. The Morgan fingerprint density at radius 2 is 2.21 bits per heavy atom. The Balaban J connectivity index is 1.79. The number of rotatable bonds is 4. The summed E-state index contributed by atoms with van der Waals surface area (Å²) in [7, 11) is 0. The van der Waals surface area contributed by atoms with Gasteiger partial charge in [-0.15, -0.1) is 0 Å². The van der Waals surface area contributed by atoms with Gasteiger partial charge in [-0.05, 0) is 18.9 Å². The molecule has 2 rings (SSSR count). The minimum Gasteiger partial charge on any atom is -0.467 e. The van der Waals surface area contributed by atoms with Gasteiger partial charge in [-0.3, -0.25) is 0 Å². The molecule has 1 aromatic heterocycles. The molecule has 0 aromatic carbocycles. The van der Waals surface area contributed by atoms with Crippen LogP contribution in [0.15, 0.2) is 16.7 Å². The quantitative estimate of drug-likeness (QED) is 0.801. The highest BCUT2D eigenvalue weighted by atomic mass is 16.5. The second-order valence-electron chi connectivity index (χ2n) is 3.84. The Morgan fingerprint density at radius 3 is 2.86 bits per heavy atom. The first kappa shape index (κ1) is 9.74. The Labute approximate surface area is 84.2 Å². The Kier molecular flexibility index (Phi) is 3.22. The first-order valence-electron chi connectivity index (χ1n) is 5.26. The summed E-state index contributed by atoms with van der Waals surface area (Å²) in [6.07, 6.45) is 7.15. The van der Waals surface area contributed by atoms with Gasteiger partial charge in [0.1, 0.15) is 12.4 Å². The molecule has 1 aliphatic carbocycles. The van der Waals surface area contributed by atoms with E-state index in [2.05, 4.69) is 0 Å². The van der Waals surface area contributed by atoms with Crippen LogP contribution in [-0.4, -0.2) is 6.10 Å². The molecule has 0 radical (unpaired) electrons. The van der Waals surface area contributed by atoms with Crippen LogP contribution in [0.3, 0.4) is 0 Å². The van der Waals surface area contributed by atoms with Crippen molar-refractivity contribution in [2.75, 3.05) is 0 Å². The fourth-order valence-corrected chi connectivity index (χ4v) is 1.86. The van der Waals surface area contributed by atoms with Crippen molar-refractivity contribution in [1.82, 2.24) is 0 Å². The normalized spacial score (nSPS) is 17.8. The third-order valence-corrected chi connectivity index (χ3v) is 2.71. The van der Waals surface area contributed by atoms with Gasteiger partial charge in [0.15, 0.2) is 0 Å². The van der Waals surface area contributed by atoms with Crippen LogP contribution in [0, 0.1) is 0 Å². The zero-order valence-corrected chi connectivity index (χ0v) is 8.37. The number of nitrogens with two attached hydrogens (primary N) is 1. The van der Waals surface area contributed by atoms with Gasteiger partial charge < -0.3 is 14.9 Å². The molecule has 0 bridgehead atoms. The van der Waals surface area contributed by atoms with E-state index in [-0.39, 0.29) is 0 Å². The van der Waals surface area contributed by atoms with Crippen molar-refractivity contribution in [3.05, 3.63) is 23.7 Å². The third kappa shape index (κ3) is 2.36. The molecule has 0 atom stereocenters. The maximum Gasteiger partial charge on any atom is 0.129 e. The van der Waals surface area contributed by atoms with Gasteiger partial charge in [0.2, 0.25) is 0 Å². The molecule has 3 nitrogen and oxygen atoms in total. The standard InChI is InChI=1S/C11H17NO2/c12-6-9-5-11(13-7-9)8-14-10-3-1-2-4-10/h5,7,10H,1-4,6,8,12H2. The topological polar surface area (TPSA) is 48.4 Å². The predicted octanol–water partition coefficient (Wildman–Crippen LogP) is 2.20. The molecule has 14 heavy (non-hydrogen) atoms. The summed E-state index contributed by atoms with van der Waals surface area (Å²) in [5.41, 5.74) is 6.52. The van der Waals surface area contributed by atoms with Crippen LogP contribution in [0.5, 0.6) is 0 Å². The number of hydrogen-bond acceptors (Lipinski definition) is 3. The van der Waals surface area contributed by atoms with E-state index < -0.39 is 0 Å². The lowest BCUT2D eigenvalue weighted by molar-refractivity contribution is 0.0357. The monoisotopic (exact) mass is 195 g/mol. The SMILES string of the molecule is NCc1coc(COC2CCCC2)c1. The summed E-state index contributed by atoms with van der Waals surface area (Å²) >= 11 is 0. The van der Waals surface area contributed by atoms with Crippen LogP contribution in [0.25, 0.3) is 0 Å². The lowest BCUT2D eigenvalue weighted by Crippen LogP contribution is -2.06. The maximum atomic E-state index is 5.71. The van der Waals surface area contributed by atoms with Crippen LogP contribution < -0.4 is 5.73 Å². The van der Waals surface area contributed by atoms with Gasteiger partial charge in [-0.2, -0.15) is 0 Å². The van der Waals surface area contributed by atoms with Gasteiger partial charge in [0, 0.05) is 12.1 Å². The Hall–Kier alpha value is -0.800. The molecular formula is C11H17NO2. The summed E-state index contributed by atoms with van der Waals surface area (Å²) in [5.74, 6) is 0.886. The van der Waals surface area contributed by atoms with Crippen molar-refractivity contribution in [2.45, 2.75) is 44.9 Å². The molecular weight excluding hydrogens is 178 g/mol. The molecule has 0 spiro atoms. The zero-order valence-electron chi connectivity index (χ0n) is 8.37. The first-order valence-corrected chi connectivity index (χ1v) is 5.26. The van der Waals surface area contributed by atoms with Gasteiger partial charge in [0.05, 0.1) is 12.4 Å². The Bertz CT molecular complexity index is 277. The molecule has 1 saturated carbocycles. The molecule has 0 saturated heterocycles. The molecule has 3 heteroatoms. The van der Waals surface area contributed by atoms with Gasteiger partial charge in [-0.1, -0.05) is 12.8 Å². The average Bonchev–Trinajstić information content (AvgIpc) is 2.86. The van der Waals surface area contributed by atoms with Crippen LogP contribution in [0.2, 0.25) is 0 Å². The lowest BCUT2D eigenvalue weighted by Gasteiger charge is -2.08. The minimum atomic E-state index is 0.446. The summed E-state index contributed by atoms with van der Waals surface area (Å²) in [5, 5.41) is 0. The van der Waals surface area contributed by atoms with E-state index in [0.717, 1.165) is 11.3 Å². The number of ether oxygens (including phenoxy) is 1. The highest BCUT2D eigenvalue weighted by Gasteiger charge is 2.15. The number of hydrogen-bond donors (Lipinski definition) is 1. The summed E-state index contributed by atoms with van der Waals surface area (Å²) in [4.78, 5) is 0. The van der Waals surface area contributed by atoms with Crippen molar-refractivity contribution in [2.24, 2.45) is 5.73 Å². The van der Waals surface area contributed by atoms with Crippen molar-refractivity contribution < 1.29 is 9.15 Å². The smallest absolute Gasteiger partial charge is 0.129 e. The molecule has 0 unspecified atom stereocenters. The van der Waals surface area contributed by atoms with Crippen LogP contribution in [-0.2, 0) is 17.9 Å². The maximum absolute atomic E-state index is 5.71. The molecule has 78 valence electrons. The predicted molar refractivity (Wildman–Crippen MR) is 53.6 cm³/mol. The van der Waals surface area contributed by atoms with Gasteiger partial charge in [-0.25, -0.2) is 0 Å². The van der Waals surface area contributed by atoms with Crippen molar-refractivity contribution >= 4 is 0 Å². The minimum absolute atomic E-state index is 0.446. The molecule has 1 fully saturated rings. The van der Waals surface area contributed by atoms with E-state index in [1.54, 1.807) is 6.26 Å². The highest BCUT2D eigenvalue weighted by Crippen LogP contribution is 2.22. The highest BCUT2D eigenvalue weighted by molar-refractivity contribution is 5.11. The molecule has 1 heterocycles. The van der Waals surface area contributed by atoms with Crippen LogP contribution in [0.4, 0.5) is 0 Å². The van der Waals surface area contributed by atoms with Gasteiger partial charge in [0.25, 0.3) is 0 Å². The zero-order chi connectivity index (χ0) is 9.80. The number of furan rings is 1. The van der Waals surface area contributed by atoms with Crippen LogP contribution >= 0.6 is 0 Å². The van der Waals surface area contributed by atoms with Crippen LogP contribution in [0.1, 0.15) is 37.0 Å². The summed E-state index contributed by atoms with van der Waals surface area (Å²) in [6.45, 7) is 1.12. The largest absolute Gasteiger partial charge is 0.467 e. The Morgan fingerprint density at radius 1 is 1.43 bits per heavy atom. The van der Waals surface area contributed by atoms with E-state index >= 15 is 0 Å². The fourth-order valence-electron chi connectivity index (χ4n) is 1.86. The molecule has 1 aliphatic rings. The molecule has 0 aliphatic heterocycles. The second-order valence-corrected chi connectivity index (χ2v) is 3.84. The lowest BCUT2D eigenvalue weighted by atomic mass is 10.3. The van der Waals surface area contributed by atoms with E-state index in [0.29, 0.717) is 19.3 Å². The molecule has 2 N–H and O–H groups in total. The van der Waals surface area contributed by atoms with Crippen molar-refractivity contribution in [3.8, 4) is 0 Å². The van der Waals surface area contributed by atoms with Crippen molar-refractivity contribution in [3.63, 3.8) is 0 Å².